The third kappa shape index (κ3) is 4.57. The van der Waals surface area contributed by atoms with Crippen molar-refractivity contribution in [1.29, 1.82) is 0 Å². The Labute approximate surface area is 170 Å². The summed E-state index contributed by atoms with van der Waals surface area (Å²) in [5, 5.41) is 26.6. The molecular weight excluding hydrogens is 402 g/mol. The highest BCUT2D eigenvalue weighted by Crippen LogP contribution is 2.37. The van der Waals surface area contributed by atoms with E-state index in [1.807, 2.05) is 0 Å². The fraction of sp³-hybridized carbons (Fsp3) is 0.263. The van der Waals surface area contributed by atoms with Crippen LogP contribution in [-0.2, 0) is 4.84 Å². The summed E-state index contributed by atoms with van der Waals surface area (Å²) >= 11 is 5.98. The molecule has 150 valence electrons. The van der Waals surface area contributed by atoms with E-state index in [1.165, 1.54) is 18.2 Å². The van der Waals surface area contributed by atoms with Crippen LogP contribution in [0.1, 0.15) is 47.5 Å². The van der Waals surface area contributed by atoms with Crippen LogP contribution in [0.25, 0.3) is 0 Å². The molecule has 1 atom stereocenters. The van der Waals surface area contributed by atoms with Crippen molar-refractivity contribution in [1.82, 2.24) is 0 Å². The molecule has 0 spiro atoms. The van der Waals surface area contributed by atoms with Crippen molar-refractivity contribution < 1.29 is 19.5 Å². The summed E-state index contributed by atoms with van der Waals surface area (Å²) in [5.41, 5.74) is 0.241. The first kappa shape index (κ1) is 20.4. The SMILES string of the molecule is O=C(O/N=C1/CCCC[C@H]1c1ccc([N+](=O)[O-])cc1[N+](=O)[O-])c1ccccc1Cl. The molecule has 0 aliphatic heterocycles. The van der Waals surface area contributed by atoms with Gasteiger partial charge in [-0.15, -0.1) is 0 Å². The molecule has 2 aromatic carbocycles. The van der Waals surface area contributed by atoms with Crippen LogP contribution < -0.4 is 0 Å². The Kier molecular flexibility index (Phi) is 6.18. The Morgan fingerprint density at radius 2 is 1.86 bits per heavy atom. The van der Waals surface area contributed by atoms with Gasteiger partial charge in [-0.3, -0.25) is 20.2 Å². The molecule has 0 saturated heterocycles. The van der Waals surface area contributed by atoms with E-state index in [1.54, 1.807) is 18.2 Å². The van der Waals surface area contributed by atoms with Crippen molar-refractivity contribution in [2.45, 2.75) is 31.6 Å². The number of oxime groups is 1. The van der Waals surface area contributed by atoms with Crippen LogP contribution in [0.2, 0.25) is 5.02 Å². The van der Waals surface area contributed by atoms with E-state index in [0.29, 0.717) is 24.1 Å². The van der Waals surface area contributed by atoms with Crippen molar-refractivity contribution in [2.24, 2.45) is 5.16 Å². The first-order chi connectivity index (χ1) is 13.9. The summed E-state index contributed by atoms with van der Waals surface area (Å²) in [6.45, 7) is 0. The summed E-state index contributed by atoms with van der Waals surface area (Å²) in [5.74, 6) is -1.20. The van der Waals surface area contributed by atoms with Gasteiger partial charge < -0.3 is 4.84 Å². The molecule has 2 aromatic rings. The molecule has 10 heteroatoms. The van der Waals surface area contributed by atoms with Gasteiger partial charge in [0.15, 0.2) is 0 Å². The maximum atomic E-state index is 12.2. The van der Waals surface area contributed by atoms with Gasteiger partial charge in [0.1, 0.15) is 0 Å². The van der Waals surface area contributed by atoms with Crippen LogP contribution in [0.15, 0.2) is 47.6 Å². The first-order valence-corrected chi connectivity index (χ1v) is 9.21. The molecule has 1 fully saturated rings. The summed E-state index contributed by atoms with van der Waals surface area (Å²) in [6.07, 6.45) is 2.64. The average molecular weight is 418 g/mol. The van der Waals surface area contributed by atoms with Gasteiger partial charge in [-0.2, -0.15) is 0 Å². The minimum absolute atomic E-state index is 0.159. The van der Waals surface area contributed by atoms with Crippen LogP contribution in [0.4, 0.5) is 11.4 Å². The number of nitro benzene ring substituents is 2. The van der Waals surface area contributed by atoms with Gasteiger partial charge in [0.2, 0.25) is 0 Å². The van der Waals surface area contributed by atoms with Gasteiger partial charge >= 0.3 is 5.97 Å². The normalized spacial score (nSPS) is 17.7. The van der Waals surface area contributed by atoms with Gasteiger partial charge in [0, 0.05) is 17.5 Å². The molecule has 9 nitrogen and oxygen atoms in total. The van der Waals surface area contributed by atoms with Crippen LogP contribution in [0, 0.1) is 20.2 Å². The maximum absolute atomic E-state index is 12.2. The number of rotatable bonds is 5. The number of hydrogen-bond acceptors (Lipinski definition) is 7. The molecule has 0 heterocycles. The zero-order valence-electron chi connectivity index (χ0n) is 15.1. The minimum Gasteiger partial charge on any atom is -0.313 e. The van der Waals surface area contributed by atoms with E-state index >= 15 is 0 Å². The molecule has 1 aliphatic rings. The molecule has 0 amide bonds. The van der Waals surface area contributed by atoms with Gasteiger partial charge in [-0.1, -0.05) is 35.3 Å². The molecule has 3 rings (SSSR count). The lowest BCUT2D eigenvalue weighted by Crippen LogP contribution is -2.20. The molecule has 1 saturated carbocycles. The predicted octanol–water partition coefficient (Wildman–Crippen LogP) is 5.03. The standard InChI is InChI=1S/C19H16ClN3O6/c20-16-7-3-1-6-15(16)19(24)29-21-17-8-4-2-5-13(17)14-10-9-12(22(25)26)11-18(14)23(27)28/h1,3,6-7,9-11,13H,2,4-5,8H2/b21-17-/t13-/m0/s1. The van der Waals surface area contributed by atoms with Crippen LogP contribution in [0.3, 0.4) is 0 Å². The van der Waals surface area contributed by atoms with Crippen LogP contribution in [-0.4, -0.2) is 21.5 Å². The van der Waals surface area contributed by atoms with Crippen molar-refractivity contribution in [3.63, 3.8) is 0 Å². The van der Waals surface area contributed by atoms with Crippen molar-refractivity contribution in [3.05, 3.63) is 78.8 Å². The molecule has 29 heavy (non-hydrogen) atoms. The molecule has 0 radical (unpaired) electrons. The summed E-state index contributed by atoms with van der Waals surface area (Å²) in [4.78, 5) is 38.4. The highest BCUT2D eigenvalue weighted by Gasteiger charge is 2.31. The first-order valence-electron chi connectivity index (χ1n) is 8.84. The van der Waals surface area contributed by atoms with Crippen molar-refractivity contribution >= 4 is 34.7 Å². The average Bonchev–Trinajstić information content (AvgIpc) is 2.72. The topological polar surface area (TPSA) is 125 Å². The fourth-order valence-electron chi connectivity index (χ4n) is 3.31. The Hall–Kier alpha value is -3.33. The van der Waals surface area contributed by atoms with Gasteiger partial charge in [0.25, 0.3) is 11.4 Å². The lowest BCUT2D eigenvalue weighted by molar-refractivity contribution is -0.394. The smallest absolute Gasteiger partial charge is 0.313 e. The zero-order chi connectivity index (χ0) is 21.0. The van der Waals surface area contributed by atoms with Crippen molar-refractivity contribution in [3.8, 4) is 0 Å². The number of carbonyl (C=O) groups is 1. The second-order valence-corrected chi connectivity index (χ2v) is 6.90. The van der Waals surface area contributed by atoms with Gasteiger partial charge in [0.05, 0.1) is 32.2 Å². The predicted molar refractivity (Wildman–Crippen MR) is 105 cm³/mol. The summed E-state index contributed by atoms with van der Waals surface area (Å²) in [6, 6.07) is 9.91. The Bertz CT molecular complexity index is 1010. The molecule has 0 N–H and O–H groups in total. The third-order valence-electron chi connectivity index (χ3n) is 4.71. The lowest BCUT2D eigenvalue weighted by Gasteiger charge is -2.23. The molecule has 0 bridgehead atoms. The van der Waals surface area contributed by atoms with E-state index in [0.717, 1.165) is 18.9 Å². The molecular formula is C19H16ClN3O6. The van der Waals surface area contributed by atoms with Gasteiger partial charge in [-0.05, 0) is 37.5 Å². The second-order valence-electron chi connectivity index (χ2n) is 6.50. The van der Waals surface area contributed by atoms with E-state index in [-0.39, 0.29) is 22.0 Å². The quantitative estimate of drug-likeness (QED) is 0.381. The Balaban J connectivity index is 1.91. The monoisotopic (exact) mass is 417 g/mol. The van der Waals surface area contributed by atoms with E-state index in [2.05, 4.69) is 5.16 Å². The number of carbonyl (C=O) groups excluding carboxylic acids is 1. The zero-order valence-corrected chi connectivity index (χ0v) is 15.9. The highest BCUT2D eigenvalue weighted by molar-refractivity contribution is 6.33. The van der Waals surface area contributed by atoms with Crippen molar-refractivity contribution in [2.75, 3.05) is 0 Å². The summed E-state index contributed by atoms with van der Waals surface area (Å²) in [7, 11) is 0. The second kappa shape index (κ2) is 8.78. The minimum atomic E-state index is -0.731. The van der Waals surface area contributed by atoms with E-state index in [9.17, 15) is 25.0 Å². The molecule has 1 aliphatic carbocycles. The van der Waals surface area contributed by atoms with E-state index < -0.39 is 21.7 Å². The number of benzene rings is 2. The van der Waals surface area contributed by atoms with E-state index in [4.69, 9.17) is 16.4 Å². The molecule has 0 aromatic heterocycles. The number of non-ortho nitro benzene ring substituents is 1. The van der Waals surface area contributed by atoms with Crippen LogP contribution in [0.5, 0.6) is 0 Å². The summed E-state index contributed by atoms with van der Waals surface area (Å²) < 4.78 is 0. The highest BCUT2D eigenvalue weighted by atomic mass is 35.5. The van der Waals surface area contributed by atoms with Gasteiger partial charge in [-0.25, -0.2) is 4.79 Å². The number of nitro groups is 2. The third-order valence-corrected chi connectivity index (χ3v) is 5.04. The maximum Gasteiger partial charge on any atom is 0.367 e. The Morgan fingerprint density at radius 1 is 1.10 bits per heavy atom. The lowest BCUT2D eigenvalue weighted by atomic mass is 9.81. The fourth-order valence-corrected chi connectivity index (χ4v) is 3.53. The Morgan fingerprint density at radius 3 is 2.55 bits per heavy atom. The number of halogens is 1. The van der Waals surface area contributed by atoms with Crippen LogP contribution >= 0.6 is 11.6 Å². The number of nitrogens with zero attached hydrogens (tertiary/aromatic N) is 3. The molecule has 0 unspecified atom stereocenters. The largest absolute Gasteiger partial charge is 0.367 e. The number of hydrogen-bond donors (Lipinski definition) is 0.